The minimum atomic E-state index is -0.0751. The first-order chi connectivity index (χ1) is 10.2. The maximum absolute atomic E-state index is 12.0. The van der Waals surface area contributed by atoms with Gasteiger partial charge in [-0.05, 0) is 30.2 Å². The molecule has 0 atom stereocenters. The smallest absolute Gasteiger partial charge is 0.242 e. The first-order valence-electron chi connectivity index (χ1n) is 6.83. The van der Waals surface area contributed by atoms with Gasteiger partial charge in [-0.15, -0.1) is 5.10 Å². The molecule has 1 amide bonds. The molecule has 1 aromatic heterocycles. The third-order valence-corrected chi connectivity index (χ3v) is 3.45. The molecule has 0 aliphatic rings. The van der Waals surface area contributed by atoms with Gasteiger partial charge in [0.2, 0.25) is 5.91 Å². The van der Waals surface area contributed by atoms with Gasteiger partial charge < -0.3 is 5.32 Å². The van der Waals surface area contributed by atoms with E-state index in [1.165, 1.54) is 5.56 Å². The van der Waals surface area contributed by atoms with E-state index in [0.717, 1.165) is 16.6 Å². The summed E-state index contributed by atoms with van der Waals surface area (Å²) in [6.07, 6.45) is 0. The number of carbonyl (C=O) groups excluding carboxylic acids is 1. The largest absolute Gasteiger partial charge is 0.350 e. The third kappa shape index (κ3) is 2.91. The Labute approximate surface area is 122 Å². The van der Waals surface area contributed by atoms with Gasteiger partial charge in [-0.2, -0.15) is 0 Å². The molecule has 0 saturated heterocycles. The maximum atomic E-state index is 12.0. The number of nitrogens with zero attached hydrogens (tertiary/aromatic N) is 3. The molecule has 1 heterocycles. The zero-order chi connectivity index (χ0) is 14.7. The molecule has 3 rings (SSSR count). The van der Waals surface area contributed by atoms with Crippen molar-refractivity contribution in [2.24, 2.45) is 0 Å². The van der Waals surface area contributed by atoms with Gasteiger partial charge in [-0.3, -0.25) is 4.79 Å². The molecule has 106 valence electrons. The average Bonchev–Trinajstić information content (AvgIpc) is 2.90. The monoisotopic (exact) mass is 280 g/mol. The molecule has 0 radical (unpaired) electrons. The molecule has 21 heavy (non-hydrogen) atoms. The quantitative estimate of drug-likeness (QED) is 0.795. The van der Waals surface area contributed by atoms with Crippen LogP contribution >= 0.6 is 0 Å². The van der Waals surface area contributed by atoms with Crippen LogP contribution in [0.4, 0.5) is 0 Å². The topological polar surface area (TPSA) is 59.8 Å². The molecular weight excluding hydrogens is 264 g/mol. The SMILES string of the molecule is Cc1ccccc1CNC(=O)Cn1nnc2ccccc21. The van der Waals surface area contributed by atoms with E-state index in [1.54, 1.807) is 4.68 Å². The van der Waals surface area contributed by atoms with Crippen LogP contribution in [-0.4, -0.2) is 20.9 Å². The van der Waals surface area contributed by atoms with Crippen molar-refractivity contribution in [2.75, 3.05) is 0 Å². The van der Waals surface area contributed by atoms with Crippen molar-refractivity contribution < 1.29 is 4.79 Å². The van der Waals surface area contributed by atoms with Crippen molar-refractivity contribution in [1.29, 1.82) is 0 Å². The lowest BCUT2D eigenvalue weighted by Gasteiger charge is -2.08. The fourth-order valence-corrected chi connectivity index (χ4v) is 2.23. The van der Waals surface area contributed by atoms with Crippen LogP contribution in [-0.2, 0) is 17.9 Å². The van der Waals surface area contributed by atoms with Crippen molar-refractivity contribution in [3.8, 4) is 0 Å². The Morgan fingerprint density at radius 2 is 1.90 bits per heavy atom. The highest BCUT2D eigenvalue weighted by Crippen LogP contribution is 2.09. The minimum absolute atomic E-state index is 0.0751. The Hall–Kier alpha value is -2.69. The predicted octanol–water partition coefficient (Wildman–Crippen LogP) is 2.06. The van der Waals surface area contributed by atoms with Gasteiger partial charge in [0.1, 0.15) is 12.1 Å². The summed E-state index contributed by atoms with van der Waals surface area (Å²) in [6, 6.07) is 15.6. The summed E-state index contributed by atoms with van der Waals surface area (Å²) < 4.78 is 1.61. The number of hydrogen-bond donors (Lipinski definition) is 1. The summed E-state index contributed by atoms with van der Waals surface area (Å²) in [6.45, 7) is 2.73. The second-order valence-electron chi connectivity index (χ2n) is 4.94. The Balaban J connectivity index is 1.66. The third-order valence-electron chi connectivity index (χ3n) is 3.45. The van der Waals surface area contributed by atoms with Gasteiger partial charge in [0.25, 0.3) is 0 Å². The second-order valence-corrected chi connectivity index (χ2v) is 4.94. The van der Waals surface area contributed by atoms with Crippen LogP contribution in [0.3, 0.4) is 0 Å². The van der Waals surface area contributed by atoms with Crippen LogP contribution in [0, 0.1) is 6.92 Å². The number of aromatic nitrogens is 3. The highest BCUT2D eigenvalue weighted by molar-refractivity contribution is 5.79. The summed E-state index contributed by atoms with van der Waals surface area (Å²) in [4.78, 5) is 12.0. The van der Waals surface area contributed by atoms with Gasteiger partial charge in [0.05, 0.1) is 5.52 Å². The molecule has 5 heteroatoms. The van der Waals surface area contributed by atoms with E-state index in [9.17, 15) is 4.79 Å². The molecule has 0 saturated carbocycles. The lowest BCUT2D eigenvalue weighted by molar-refractivity contribution is -0.121. The van der Waals surface area contributed by atoms with E-state index in [4.69, 9.17) is 0 Å². The molecule has 5 nitrogen and oxygen atoms in total. The zero-order valence-electron chi connectivity index (χ0n) is 11.8. The van der Waals surface area contributed by atoms with E-state index in [2.05, 4.69) is 15.6 Å². The van der Waals surface area contributed by atoms with Crippen LogP contribution < -0.4 is 5.32 Å². The Bertz CT molecular complexity index is 779. The standard InChI is InChI=1S/C16H16N4O/c1-12-6-2-3-7-13(12)10-17-16(21)11-20-15-9-5-4-8-14(15)18-19-20/h2-9H,10-11H2,1H3,(H,17,21). The molecule has 0 aliphatic carbocycles. The second kappa shape index (κ2) is 5.75. The lowest BCUT2D eigenvalue weighted by atomic mass is 10.1. The average molecular weight is 280 g/mol. The lowest BCUT2D eigenvalue weighted by Crippen LogP contribution is -2.27. The minimum Gasteiger partial charge on any atom is -0.350 e. The van der Waals surface area contributed by atoms with Crippen LogP contribution in [0.25, 0.3) is 11.0 Å². The predicted molar refractivity (Wildman–Crippen MR) is 80.6 cm³/mol. The highest BCUT2D eigenvalue weighted by Gasteiger charge is 2.08. The van der Waals surface area contributed by atoms with Gasteiger partial charge in [-0.25, -0.2) is 4.68 Å². The van der Waals surface area contributed by atoms with Gasteiger partial charge in [0.15, 0.2) is 0 Å². The van der Waals surface area contributed by atoms with E-state index in [0.29, 0.717) is 6.54 Å². The normalized spacial score (nSPS) is 10.7. The number of rotatable bonds is 4. The number of nitrogens with one attached hydrogen (secondary N) is 1. The summed E-state index contributed by atoms with van der Waals surface area (Å²) in [5, 5.41) is 11.0. The van der Waals surface area contributed by atoms with E-state index in [1.807, 2.05) is 55.5 Å². The number of fused-ring (bicyclic) bond motifs is 1. The number of hydrogen-bond acceptors (Lipinski definition) is 3. The van der Waals surface area contributed by atoms with Crippen LogP contribution in [0.1, 0.15) is 11.1 Å². The summed E-state index contributed by atoms with van der Waals surface area (Å²) in [5.74, 6) is -0.0751. The molecular formula is C16H16N4O. The molecule has 1 N–H and O–H groups in total. The van der Waals surface area contributed by atoms with Crippen molar-refractivity contribution in [1.82, 2.24) is 20.3 Å². The number of para-hydroxylation sites is 1. The van der Waals surface area contributed by atoms with E-state index < -0.39 is 0 Å². The van der Waals surface area contributed by atoms with Crippen LogP contribution in [0.5, 0.6) is 0 Å². The number of carbonyl (C=O) groups is 1. The summed E-state index contributed by atoms with van der Waals surface area (Å²) in [7, 11) is 0. The fourth-order valence-electron chi connectivity index (χ4n) is 2.23. The molecule has 0 fully saturated rings. The summed E-state index contributed by atoms with van der Waals surface area (Å²) >= 11 is 0. The zero-order valence-corrected chi connectivity index (χ0v) is 11.8. The van der Waals surface area contributed by atoms with Crippen molar-refractivity contribution >= 4 is 16.9 Å². The molecule has 0 spiro atoms. The van der Waals surface area contributed by atoms with E-state index in [-0.39, 0.29) is 12.5 Å². The maximum Gasteiger partial charge on any atom is 0.242 e. The number of benzene rings is 2. The molecule has 2 aromatic carbocycles. The van der Waals surface area contributed by atoms with Gasteiger partial charge in [-0.1, -0.05) is 41.6 Å². The van der Waals surface area contributed by atoms with Crippen molar-refractivity contribution in [2.45, 2.75) is 20.0 Å². The Kier molecular flexibility index (Phi) is 3.64. The van der Waals surface area contributed by atoms with Gasteiger partial charge >= 0.3 is 0 Å². The first kappa shape index (κ1) is 13.3. The summed E-state index contributed by atoms with van der Waals surface area (Å²) in [5.41, 5.74) is 3.95. The van der Waals surface area contributed by atoms with Crippen molar-refractivity contribution in [3.05, 3.63) is 59.7 Å². The van der Waals surface area contributed by atoms with Crippen LogP contribution in [0.15, 0.2) is 48.5 Å². The molecule has 0 bridgehead atoms. The van der Waals surface area contributed by atoms with E-state index >= 15 is 0 Å². The molecule has 3 aromatic rings. The first-order valence-corrected chi connectivity index (χ1v) is 6.83. The fraction of sp³-hybridized carbons (Fsp3) is 0.188. The Morgan fingerprint density at radius 1 is 1.14 bits per heavy atom. The van der Waals surface area contributed by atoms with Crippen LogP contribution in [0.2, 0.25) is 0 Å². The Morgan fingerprint density at radius 3 is 2.76 bits per heavy atom. The number of amides is 1. The molecule has 0 aliphatic heterocycles. The van der Waals surface area contributed by atoms with Gasteiger partial charge in [0, 0.05) is 6.54 Å². The molecule has 0 unspecified atom stereocenters. The van der Waals surface area contributed by atoms with Crippen molar-refractivity contribution in [3.63, 3.8) is 0 Å². The number of aryl methyl sites for hydroxylation is 1. The highest BCUT2D eigenvalue weighted by atomic mass is 16.2.